The lowest BCUT2D eigenvalue weighted by atomic mass is 9.99. The molecule has 3 N–H and O–H groups in total. The topological polar surface area (TPSA) is 75.4 Å². The summed E-state index contributed by atoms with van der Waals surface area (Å²) >= 11 is 0. The maximum absolute atomic E-state index is 11.9. The molecule has 0 aliphatic carbocycles. The first kappa shape index (κ1) is 14.4. The number of anilines is 2. The molecular weight excluding hydrogens is 254 g/mol. The van der Waals surface area contributed by atoms with Crippen molar-refractivity contribution in [1.29, 1.82) is 0 Å². The summed E-state index contributed by atoms with van der Waals surface area (Å²) in [6.07, 6.45) is 2.29. The van der Waals surface area contributed by atoms with Gasteiger partial charge in [0, 0.05) is 36.8 Å². The number of amides is 2. The van der Waals surface area contributed by atoms with E-state index >= 15 is 0 Å². The van der Waals surface area contributed by atoms with Crippen molar-refractivity contribution in [1.82, 2.24) is 4.90 Å². The number of rotatable bonds is 4. The van der Waals surface area contributed by atoms with E-state index in [9.17, 15) is 9.59 Å². The summed E-state index contributed by atoms with van der Waals surface area (Å²) < 4.78 is 0. The second-order valence-corrected chi connectivity index (χ2v) is 5.29. The van der Waals surface area contributed by atoms with E-state index in [1.807, 2.05) is 6.92 Å². The zero-order chi connectivity index (χ0) is 14.5. The van der Waals surface area contributed by atoms with Gasteiger partial charge in [0.05, 0.1) is 0 Å². The van der Waals surface area contributed by atoms with Crippen molar-refractivity contribution in [3.8, 4) is 0 Å². The SMILES string of the molecule is CC1CCCN(CCC(=O)Nc2ccc(N)cc2)C1=O. The summed E-state index contributed by atoms with van der Waals surface area (Å²) in [6, 6.07) is 7.01. The molecule has 0 bridgehead atoms. The van der Waals surface area contributed by atoms with E-state index in [2.05, 4.69) is 5.32 Å². The molecule has 1 fully saturated rings. The van der Waals surface area contributed by atoms with E-state index in [1.54, 1.807) is 29.2 Å². The van der Waals surface area contributed by atoms with E-state index in [0.29, 0.717) is 18.7 Å². The molecule has 1 aromatic carbocycles. The fourth-order valence-electron chi connectivity index (χ4n) is 2.38. The van der Waals surface area contributed by atoms with Crippen LogP contribution in [0.5, 0.6) is 0 Å². The van der Waals surface area contributed by atoms with Gasteiger partial charge < -0.3 is 16.0 Å². The summed E-state index contributed by atoms with van der Waals surface area (Å²) in [5.74, 6) is 0.168. The minimum atomic E-state index is -0.0826. The third-order valence-electron chi connectivity index (χ3n) is 3.60. The van der Waals surface area contributed by atoms with Gasteiger partial charge in [-0.3, -0.25) is 9.59 Å². The molecule has 1 aromatic rings. The van der Waals surface area contributed by atoms with Crippen molar-refractivity contribution in [2.45, 2.75) is 26.2 Å². The number of benzene rings is 1. The fraction of sp³-hybridized carbons (Fsp3) is 0.467. The summed E-state index contributed by atoms with van der Waals surface area (Å²) in [7, 11) is 0. The van der Waals surface area contributed by atoms with Gasteiger partial charge in [0.15, 0.2) is 0 Å². The van der Waals surface area contributed by atoms with Crippen molar-refractivity contribution in [3.63, 3.8) is 0 Å². The lowest BCUT2D eigenvalue weighted by Crippen LogP contribution is -2.41. The van der Waals surface area contributed by atoms with Crippen molar-refractivity contribution in [2.24, 2.45) is 5.92 Å². The van der Waals surface area contributed by atoms with Crippen LogP contribution in [0.3, 0.4) is 0 Å². The van der Waals surface area contributed by atoms with Gasteiger partial charge in [-0.25, -0.2) is 0 Å². The standard InChI is InChI=1S/C15H21N3O2/c1-11-3-2-9-18(15(11)20)10-8-14(19)17-13-6-4-12(16)5-7-13/h4-7,11H,2-3,8-10,16H2,1H3,(H,17,19). The highest BCUT2D eigenvalue weighted by Gasteiger charge is 2.24. The van der Waals surface area contributed by atoms with Crippen LogP contribution in [0.4, 0.5) is 11.4 Å². The maximum Gasteiger partial charge on any atom is 0.226 e. The Balaban J connectivity index is 1.80. The Kier molecular flexibility index (Phi) is 4.61. The van der Waals surface area contributed by atoms with Gasteiger partial charge in [-0.1, -0.05) is 6.92 Å². The number of hydrogen-bond donors (Lipinski definition) is 2. The molecule has 20 heavy (non-hydrogen) atoms. The van der Waals surface area contributed by atoms with Crippen LogP contribution in [0.1, 0.15) is 26.2 Å². The normalized spacial score (nSPS) is 18.9. The Morgan fingerprint density at radius 3 is 2.80 bits per heavy atom. The molecule has 1 aliphatic rings. The van der Waals surface area contributed by atoms with E-state index in [0.717, 1.165) is 25.1 Å². The Bertz CT molecular complexity index is 484. The molecule has 1 heterocycles. The number of nitrogen functional groups attached to an aromatic ring is 1. The number of nitrogens with two attached hydrogens (primary N) is 1. The summed E-state index contributed by atoms with van der Waals surface area (Å²) in [5, 5.41) is 2.80. The first-order valence-corrected chi connectivity index (χ1v) is 7.00. The Morgan fingerprint density at radius 2 is 2.10 bits per heavy atom. The molecule has 0 aromatic heterocycles. The quantitative estimate of drug-likeness (QED) is 0.823. The number of nitrogens with one attached hydrogen (secondary N) is 1. The Morgan fingerprint density at radius 1 is 1.40 bits per heavy atom. The van der Waals surface area contributed by atoms with Crippen molar-refractivity contribution < 1.29 is 9.59 Å². The van der Waals surface area contributed by atoms with Gasteiger partial charge in [0.2, 0.25) is 11.8 Å². The number of nitrogens with zero attached hydrogens (tertiary/aromatic N) is 1. The van der Waals surface area contributed by atoms with Crippen LogP contribution in [-0.2, 0) is 9.59 Å². The van der Waals surface area contributed by atoms with Crippen LogP contribution in [0.25, 0.3) is 0 Å². The van der Waals surface area contributed by atoms with Crippen LogP contribution >= 0.6 is 0 Å². The molecule has 108 valence electrons. The number of carbonyl (C=O) groups excluding carboxylic acids is 2. The number of hydrogen-bond acceptors (Lipinski definition) is 3. The lowest BCUT2D eigenvalue weighted by molar-refractivity contribution is -0.138. The van der Waals surface area contributed by atoms with Crippen molar-refractivity contribution in [2.75, 3.05) is 24.1 Å². The predicted molar refractivity (Wildman–Crippen MR) is 79.1 cm³/mol. The van der Waals surface area contributed by atoms with E-state index in [4.69, 9.17) is 5.73 Å². The molecule has 2 amide bonds. The van der Waals surface area contributed by atoms with Crippen LogP contribution in [0.15, 0.2) is 24.3 Å². The predicted octanol–water partition coefficient (Wildman–Crippen LogP) is 1.86. The van der Waals surface area contributed by atoms with Gasteiger partial charge in [-0.15, -0.1) is 0 Å². The first-order valence-electron chi connectivity index (χ1n) is 7.00. The van der Waals surface area contributed by atoms with Crippen LogP contribution in [0.2, 0.25) is 0 Å². The zero-order valence-corrected chi connectivity index (χ0v) is 11.8. The van der Waals surface area contributed by atoms with Gasteiger partial charge in [0.1, 0.15) is 0 Å². The second kappa shape index (κ2) is 6.41. The molecule has 0 saturated carbocycles. The van der Waals surface area contributed by atoms with Gasteiger partial charge in [0.25, 0.3) is 0 Å². The molecular formula is C15H21N3O2. The number of carbonyl (C=O) groups is 2. The molecule has 2 rings (SSSR count). The minimum Gasteiger partial charge on any atom is -0.399 e. The largest absolute Gasteiger partial charge is 0.399 e. The third-order valence-corrected chi connectivity index (χ3v) is 3.60. The zero-order valence-electron chi connectivity index (χ0n) is 11.8. The monoisotopic (exact) mass is 275 g/mol. The number of piperidine rings is 1. The molecule has 1 unspecified atom stereocenters. The van der Waals surface area contributed by atoms with Crippen LogP contribution < -0.4 is 11.1 Å². The molecule has 0 radical (unpaired) electrons. The first-order chi connectivity index (χ1) is 9.56. The van der Waals surface area contributed by atoms with Crippen LogP contribution in [0, 0.1) is 5.92 Å². The third kappa shape index (κ3) is 3.73. The Labute approximate surface area is 119 Å². The summed E-state index contributed by atoms with van der Waals surface area (Å²) in [5.41, 5.74) is 6.97. The van der Waals surface area contributed by atoms with Gasteiger partial charge in [-0.2, -0.15) is 0 Å². The molecule has 0 spiro atoms. The second-order valence-electron chi connectivity index (χ2n) is 5.29. The Hall–Kier alpha value is -2.04. The molecule has 1 atom stereocenters. The molecule has 5 nitrogen and oxygen atoms in total. The highest BCUT2D eigenvalue weighted by Crippen LogP contribution is 2.17. The van der Waals surface area contributed by atoms with E-state index < -0.39 is 0 Å². The van der Waals surface area contributed by atoms with Crippen LogP contribution in [-0.4, -0.2) is 29.8 Å². The summed E-state index contributed by atoms with van der Waals surface area (Å²) in [4.78, 5) is 25.6. The molecule has 5 heteroatoms. The lowest BCUT2D eigenvalue weighted by Gasteiger charge is -2.30. The van der Waals surface area contributed by atoms with Gasteiger partial charge >= 0.3 is 0 Å². The average molecular weight is 275 g/mol. The fourth-order valence-corrected chi connectivity index (χ4v) is 2.38. The highest BCUT2D eigenvalue weighted by molar-refractivity contribution is 5.91. The smallest absolute Gasteiger partial charge is 0.226 e. The van der Waals surface area contributed by atoms with Crippen molar-refractivity contribution >= 4 is 23.2 Å². The summed E-state index contributed by atoms with van der Waals surface area (Å²) in [6.45, 7) is 3.20. The molecule has 1 aliphatic heterocycles. The minimum absolute atomic E-state index is 0.0826. The van der Waals surface area contributed by atoms with Crippen molar-refractivity contribution in [3.05, 3.63) is 24.3 Å². The molecule has 1 saturated heterocycles. The average Bonchev–Trinajstić information content (AvgIpc) is 2.43. The van der Waals surface area contributed by atoms with Gasteiger partial charge in [-0.05, 0) is 37.1 Å². The van der Waals surface area contributed by atoms with E-state index in [1.165, 1.54) is 0 Å². The maximum atomic E-state index is 11.9. The van der Waals surface area contributed by atoms with E-state index in [-0.39, 0.29) is 17.7 Å². The highest BCUT2D eigenvalue weighted by atomic mass is 16.2. The number of likely N-dealkylation sites (tertiary alicyclic amines) is 1.